The largest absolute Gasteiger partial charge is 0.455 e. The van der Waals surface area contributed by atoms with Gasteiger partial charge in [0, 0.05) is 12.9 Å². The van der Waals surface area contributed by atoms with Crippen LogP contribution in [0.4, 0.5) is 0 Å². The standard InChI is InChI=1S/C19H19Cl5N2O4S2/c1-7-6-31-17-19(29-5,16(28)26(17)13(7)15(27)30-18(2,3)4)25-32-14-11(23)9(21)8(20)10(22)12(14)24/h17,25H,6H2,1-5H3/t17-,19-/m0/s1. The third-order valence-electron chi connectivity index (χ3n) is 4.61. The van der Waals surface area contributed by atoms with E-state index in [4.69, 9.17) is 67.5 Å². The van der Waals surface area contributed by atoms with Gasteiger partial charge in [-0.2, -0.15) is 0 Å². The molecule has 1 aromatic rings. The molecule has 1 amide bonds. The maximum atomic E-state index is 13.3. The minimum Gasteiger partial charge on any atom is -0.455 e. The summed E-state index contributed by atoms with van der Waals surface area (Å²) in [4.78, 5) is 27.8. The number of thioether (sulfide) groups is 1. The highest BCUT2D eigenvalue weighted by Crippen LogP contribution is 2.51. The van der Waals surface area contributed by atoms with Gasteiger partial charge in [0.1, 0.15) is 16.7 Å². The van der Waals surface area contributed by atoms with Crippen LogP contribution >= 0.6 is 81.7 Å². The third kappa shape index (κ3) is 4.48. The van der Waals surface area contributed by atoms with Crippen LogP contribution in [0.2, 0.25) is 25.1 Å². The van der Waals surface area contributed by atoms with E-state index in [1.54, 1.807) is 27.7 Å². The molecule has 3 rings (SSSR count). The van der Waals surface area contributed by atoms with Crippen LogP contribution in [0.3, 0.4) is 0 Å². The van der Waals surface area contributed by atoms with Gasteiger partial charge in [-0.1, -0.05) is 58.0 Å². The second kappa shape index (κ2) is 9.55. The Labute approximate surface area is 219 Å². The molecule has 2 heterocycles. The molecule has 0 radical (unpaired) electrons. The highest BCUT2D eigenvalue weighted by molar-refractivity contribution is 8.00. The Bertz CT molecular complexity index is 1000. The zero-order chi connectivity index (χ0) is 24.2. The minimum absolute atomic E-state index is 0.0329. The van der Waals surface area contributed by atoms with E-state index >= 15 is 0 Å². The lowest BCUT2D eigenvalue weighted by Gasteiger charge is -2.56. The first-order valence-electron chi connectivity index (χ1n) is 9.15. The van der Waals surface area contributed by atoms with Crippen LogP contribution in [0, 0.1) is 0 Å². The van der Waals surface area contributed by atoms with Crippen LogP contribution in [-0.4, -0.2) is 46.3 Å². The van der Waals surface area contributed by atoms with Gasteiger partial charge in [-0.25, -0.2) is 9.52 Å². The molecule has 6 nitrogen and oxygen atoms in total. The maximum absolute atomic E-state index is 13.3. The lowest BCUT2D eigenvalue weighted by molar-refractivity contribution is -0.187. The number of esters is 1. The molecule has 32 heavy (non-hydrogen) atoms. The lowest BCUT2D eigenvalue weighted by atomic mass is 9.99. The number of nitrogens with one attached hydrogen (secondary N) is 1. The van der Waals surface area contributed by atoms with Gasteiger partial charge in [0.25, 0.3) is 5.91 Å². The molecule has 13 heteroatoms. The summed E-state index contributed by atoms with van der Waals surface area (Å²) < 4.78 is 14.1. The fourth-order valence-corrected chi connectivity index (χ4v) is 6.98. The van der Waals surface area contributed by atoms with Crippen molar-refractivity contribution in [2.75, 3.05) is 12.9 Å². The molecule has 2 aliphatic heterocycles. The summed E-state index contributed by atoms with van der Waals surface area (Å²) in [6.45, 7) is 7.09. The quantitative estimate of drug-likeness (QED) is 0.108. The van der Waals surface area contributed by atoms with Crippen LogP contribution in [0.15, 0.2) is 16.2 Å². The molecule has 2 atom stereocenters. The lowest BCUT2D eigenvalue weighted by Crippen LogP contribution is -2.79. The van der Waals surface area contributed by atoms with Crippen molar-refractivity contribution in [3.8, 4) is 0 Å². The van der Waals surface area contributed by atoms with Crippen molar-refractivity contribution >= 4 is 93.6 Å². The molecule has 176 valence electrons. The van der Waals surface area contributed by atoms with E-state index < -0.39 is 28.6 Å². The zero-order valence-corrected chi connectivity index (χ0v) is 23.0. The summed E-state index contributed by atoms with van der Waals surface area (Å²) in [7, 11) is 1.40. The molecule has 1 aromatic carbocycles. The van der Waals surface area contributed by atoms with Crippen molar-refractivity contribution in [2.45, 2.75) is 49.3 Å². The molecule has 0 unspecified atom stereocenters. The van der Waals surface area contributed by atoms with Gasteiger partial charge in [-0.05, 0) is 45.2 Å². The fraction of sp³-hybridized carbons (Fsp3) is 0.474. The zero-order valence-electron chi connectivity index (χ0n) is 17.6. The number of amides is 1. The number of carbonyl (C=O) groups excluding carboxylic acids is 2. The van der Waals surface area contributed by atoms with E-state index in [1.165, 1.54) is 23.8 Å². The Kier molecular flexibility index (Phi) is 7.93. The number of ether oxygens (including phenoxy) is 2. The van der Waals surface area contributed by atoms with E-state index in [2.05, 4.69) is 4.72 Å². The second-order valence-corrected chi connectivity index (χ2v) is 11.8. The summed E-state index contributed by atoms with van der Waals surface area (Å²) in [6.07, 6.45) is 0. The van der Waals surface area contributed by atoms with Crippen molar-refractivity contribution in [1.82, 2.24) is 9.62 Å². The first-order valence-corrected chi connectivity index (χ1v) is 12.9. The van der Waals surface area contributed by atoms with Crippen molar-refractivity contribution < 1.29 is 19.1 Å². The summed E-state index contributed by atoms with van der Waals surface area (Å²) in [5.74, 6) is -0.502. The Balaban J connectivity index is 1.89. The first-order chi connectivity index (χ1) is 14.8. The fourth-order valence-electron chi connectivity index (χ4n) is 3.12. The molecule has 0 saturated carbocycles. The van der Waals surface area contributed by atoms with Gasteiger partial charge in [0.2, 0.25) is 5.72 Å². The number of methoxy groups -OCH3 is 1. The molecular weight excluding hydrogens is 562 g/mol. The molecule has 0 aromatic heterocycles. The number of β-lactam (4-membered cyclic amide) rings is 1. The van der Waals surface area contributed by atoms with Gasteiger partial charge in [0.15, 0.2) is 0 Å². The van der Waals surface area contributed by atoms with Crippen LogP contribution < -0.4 is 4.72 Å². The smallest absolute Gasteiger partial charge is 0.355 e. The van der Waals surface area contributed by atoms with Crippen molar-refractivity contribution in [3.63, 3.8) is 0 Å². The number of nitrogens with zero attached hydrogens (tertiary/aromatic N) is 1. The van der Waals surface area contributed by atoms with E-state index in [0.717, 1.165) is 17.5 Å². The number of benzene rings is 1. The number of fused-ring (bicyclic) bond motifs is 1. The average molecular weight is 581 g/mol. The van der Waals surface area contributed by atoms with Gasteiger partial charge in [-0.15, -0.1) is 11.8 Å². The highest BCUT2D eigenvalue weighted by Gasteiger charge is 2.66. The van der Waals surface area contributed by atoms with Crippen molar-refractivity contribution in [2.24, 2.45) is 0 Å². The summed E-state index contributed by atoms with van der Waals surface area (Å²) in [5, 5.41) is -0.254. The normalized spacial score (nSPS) is 23.2. The molecule has 1 N–H and O–H groups in total. The molecule has 0 spiro atoms. The van der Waals surface area contributed by atoms with Gasteiger partial charge in [-0.3, -0.25) is 9.69 Å². The van der Waals surface area contributed by atoms with Gasteiger partial charge in [0.05, 0.1) is 30.0 Å². The van der Waals surface area contributed by atoms with Gasteiger partial charge >= 0.3 is 5.97 Å². The molecule has 1 saturated heterocycles. The van der Waals surface area contributed by atoms with E-state index in [9.17, 15) is 9.59 Å². The monoisotopic (exact) mass is 578 g/mol. The first kappa shape index (κ1) is 26.6. The van der Waals surface area contributed by atoms with Crippen LogP contribution in [0.5, 0.6) is 0 Å². The number of halogens is 5. The van der Waals surface area contributed by atoms with Crippen LogP contribution in [0.1, 0.15) is 27.7 Å². The average Bonchev–Trinajstić information content (AvgIpc) is 2.71. The molecule has 2 aliphatic rings. The van der Waals surface area contributed by atoms with Crippen molar-refractivity contribution in [3.05, 3.63) is 36.4 Å². The summed E-state index contributed by atoms with van der Waals surface area (Å²) >= 11 is 33.3. The SMILES string of the molecule is CO[C@@]1(NSc2c(Cl)c(Cl)c(Cl)c(Cl)c2Cl)C(=O)N2C(C(=O)OC(C)(C)C)=C(C)CS[C@H]21. The maximum Gasteiger partial charge on any atom is 0.355 e. The second-order valence-electron chi connectivity index (χ2n) is 8.01. The molecular formula is C19H19Cl5N2O4S2. The summed E-state index contributed by atoms with van der Waals surface area (Å²) in [6, 6.07) is 0. The summed E-state index contributed by atoms with van der Waals surface area (Å²) in [5.41, 5.74) is -1.18. The molecule has 1 fully saturated rings. The van der Waals surface area contributed by atoms with E-state index in [-0.39, 0.29) is 35.7 Å². The molecule has 0 bridgehead atoms. The van der Waals surface area contributed by atoms with Crippen molar-refractivity contribution in [1.29, 1.82) is 0 Å². The minimum atomic E-state index is -1.45. The Morgan fingerprint density at radius 3 is 2.16 bits per heavy atom. The van der Waals surface area contributed by atoms with Gasteiger partial charge < -0.3 is 9.47 Å². The highest BCUT2D eigenvalue weighted by atomic mass is 35.5. The predicted molar refractivity (Wildman–Crippen MR) is 132 cm³/mol. The topological polar surface area (TPSA) is 67.9 Å². The van der Waals surface area contributed by atoms with Crippen LogP contribution in [0.25, 0.3) is 0 Å². The number of rotatable bonds is 5. The third-order valence-corrected chi connectivity index (χ3v) is 9.59. The Morgan fingerprint density at radius 1 is 1.12 bits per heavy atom. The molecule has 0 aliphatic carbocycles. The Hall–Kier alpha value is -0.0300. The van der Waals surface area contributed by atoms with E-state index in [1.807, 2.05) is 0 Å². The van der Waals surface area contributed by atoms with E-state index in [0.29, 0.717) is 5.75 Å². The van der Waals surface area contributed by atoms with Crippen LogP contribution in [-0.2, 0) is 19.1 Å². The number of carbonyl (C=O) groups is 2. The predicted octanol–water partition coefficient (Wildman–Crippen LogP) is 6.42. The number of hydrogen-bond donors (Lipinski definition) is 1. The Morgan fingerprint density at radius 2 is 1.66 bits per heavy atom. The number of hydrogen-bond acceptors (Lipinski definition) is 7.